The molecule has 0 saturated heterocycles. The fraction of sp³-hybridized carbons (Fsp3) is 0.200. The zero-order chi connectivity index (χ0) is 22.2. The molecule has 0 aliphatic carbocycles. The second-order valence-corrected chi connectivity index (χ2v) is 8.30. The van der Waals surface area contributed by atoms with E-state index in [0.717, 1.165) is 27.8 Å². The van der Waals surface area contributed by atoms with Crippen molar-refractivity contribution in [3.8, 4) is 0 Å². The van der Waals surface area contributed by atoms with Crippen molar-refractivity contribution in [3.63, 3.8) is 0 Å². The third-order valence-corrected chi connectivity index (χ3v) is 6.55. The molecule has 0 saturated carbocycles. The van der Waals surface area contributed by atoms with E-state index in [1.165, 1.54) is 11.6 Å². The first kappa shape index (κ1) is 22.1. The highest BCUT2D eigenvalue weighted by molar-refractivity contribution is 6.42. The van der Waals surface area contributed by atoms with Crippen LogP contribution in [0.15, 0.2) is 42.5 Å². The summed E-state index contributed by atoms with van der Waals surface area (Å²) in [6, 6.07) is 11.6. The minimum atomic E-state index is -0.302. The van der Waals surface area contributed by atoms with E-state index >= 15 is 0 Å². The first-order chi connectivity index (χ1) is 14.1. The molecule has 3 aromatic carbocycles. The summed E-state index contributed by atoms with van der Waals surface area (Å²) < 4.78 is 0. The van der Waals surface area contributed by atoms with E-state index in [9.17, 15) is 9.59 Å². The fourth-order valence-electron chi connectivity index (χ4n) is 3.53. The van der Waals surface area contributed by atoms with Gasteiger partial charge in [0, 0.05) is 22.4 Å². The third kappa shape index (κ3) is 4.14. The van der Waals surface area contributed by atoms with Crippen molar-refractivity contribution in [1.29, 1.82) is 0 Å². The average Bonchev–Trinajstić information content (AvgIpc) is 2.73. The predicted octanol–water partition coefficient (Wildman–Crippen LogP) is 7.02. The molecule has 0 aliphatic heterocycles. The van der Waals surface area contributed by atoms with Crippen molar-refractivity contribution in [2.45, 2.75) is 34.6 Å². The first-order valence-corrected chi connectivity index (χ1v) is 10.4. The van der Waals surface area contributed by atoms with Crippen LogP contribution in [-0.4, -0.2) is 11.7 Å². The summed E-state index contributed by atoms with van der Waals surface area (Å²) in [5.74, 6) is -0.317. The summed E-state index contributed by atoms with van der Waals surface area (Å²) in [4.78, 5) is 25.6. The molecule has 0 heterocycles. The number of anilines is 1. The lowest BCUT2D eigenvalue weighted by Crippen LogP contribution is -2.13. The van der Waals surface area contributed by atoms with Gasteiger partial charge in [0.15, 0.2) is 5.78 Å². The molecular formula is C25H23Cl2NO2. The molecular weight excluding hydrogens is 417 g/mol. The van der Waals surface area contributed by atoms with Crippen LogP contribution in [0.3, 0.4) is 0 Å². The van der Waals surface area contributed by atoms with E-state index < -0.39 is 0 Å². The highest BCUT2D eigenvalue weighted by Crippen LogP contribution is 2.28. The number of carbonyl (C=O) groups excluding carboxylic acids is 2. The monoisotopic (exact) mass is 439 g/mol. The van der Waals surface area contributed by atoms with Crippen LogP contribution in [0.25, 0.3) is 0 Å². The number of ketones is 1. The summed E-state index contributed by atoms with van der Waals surface area (Å²) >= 11 is 11.9. The van der Waals surface area contributed by atoms with E-state index in [4.69, 9.17) is 23.2 Å². The standard InChI is InChI=1S/C25H23Cl2NO2/c1-13-14(2)16(4)23(17(5)15(13)3)24(29)18-6-9-20(10-7-18)28-25(30)19-8-11-21(26)22(27)12-19/h6-12H,1-5H3,(H,28,30). The van der Waals surface area contributed by atoms with Crippen molar-refractivity contribution in [2.75, 3.05) is 5.32 Å². The Balaban J connectivity index is 1.85. The maximum atomic E-state index is 13.2. The minimum Gasteiger partial charge on any atom is -0.322 e. The van der Waals surface area contributed by atoms with Gasteiger partial charge in [-0.25, -0.2) is 0 Å². The number of amides is 1. The van der Waals surface area contributed by atoms with Gasteiger partial charge in [-0.3, -0.25) is 9.59 Å². The Hall–Kier alpha value is -2.62. The molecule has 0 radical (unpaired) electrons. The zero-order valence-electron chi connectivity index (χ0n) is 17.6. The third-order valence-electron chi connectivity index (χ3n) is 5.81. The molecule has 154 valence electrons. The van der Waals surface area contributed by atoms with Gasteiger partial charge in [0.2, 0.25) is 0 Å². The lowest BCUT2D eigenvalue weighted by atomic mass is 9.86. The first-order valence-electron chi connectivity index (χ1n) is 9.60. The Morgan fingerprint density at radius 3 is 1.70 bits per heavy atom. The Kier molecular flexibility index (Phi) is 6.35. The van der Waals surface area contributed by atoms with Crippen LogP contribution in [0, 0.1) is 34.6 Å². The number of carbonyl (C=O) groups is 2. The van der Waals surface area contributed by atoms with Gasteiger partial charge in [0.1, 0.15) is 0 Å². The van der Waals surface area contributed by atoms with Gasteiger partial charge in [-0.1, -0.05) is 23.2 Å². The van der Waals surface area contributed by atoms with E-state index in [-0.39, 0.29) is 11.7 Å². The van der Waals surface area contributed by atoms with Crippen LogP contribution in [-0.2, 0) is 0 Å². The molecule has 0 unspecified atom stereocenters. The number of nitrogens with one attached hydrogen (secondary N) is 1. The topological polar surface area (TPSA) is 46.2 Å². The van der Waals surface area contributed by atoms with Gasteiger partial charge in [-0.2, -0.15) is 0 Å². The minimum absolute atomic E-state index is 0.0152. The zero-order valence-corrected chi connectivity index (χ0v) is 19.1. The summed E-state index contributed by atoms with van der Waals surface area (Å²) in [6.07, 6.45) is 0. The molecule has 3 rings (SSSR count). The van der Waals surface area contributed by atoms with Crippen LogP contribution < -0.4 is 5.32 Å². The fourth-order valence-corrected chi connectivity index (χ4v) is 3.83. The van der Waals surface area contributed by atoms with E-state index in [2.05, 4.69) is 26.1 Å². The largest absolute Gasteiger partial charge is 0.322 e. The van der Waals surface area contributed by atoms with Crippen LogP contribution in [0.5, 0.6) is 0 Å². The SMILES string of the molecule is Cc1c(C)c(C)c(C(=O)c2ccc(NC(=O)c3ccc(Cl)c(Cl)c3)cc2)c(C)c1C. The summed E-state index contributed by atoms with van der Waals surface area (Å²) in [6.45, 7) is 10.2. The van der Waals surface area contributed by atoms with Crippen LogP contribution in [0.2, 0.25) is 10.0 Å². The van der Waals surface area contributed by atoms with Gasteiger partial charge in [0.25, 0.3) is 5.91 Å². The van der Waals surface area contributed by atoms with Crippen molar-refractivity contribution in [2.24, 2.45) is 0 Å². The molecule has 1 N–H and O–H groups in total. The number of rotatable bonds is 4. The summed E-state index contributed by atoms with van der Waals surface area (Å²) in [5, 5.41) is 3.52. The number of benzene rings is 3. The van der Waals surface area contributed by atoms with E-state index in [1.807, 2.05) is 13.8 Å². The van der Waals surface area contributed by atoms with Crippen molar-refractivity contribution in [3.05, 3.63) is 97.0 Å². The molecule has 0 bridgehead atoms. The Morgan fingerprint density at radius 1 is 0.667 bits per heavy atom. The molecule has 5 heteroatoms. The van der Waals surface area contributed by atoms with E-state index in [1.54, 1.807) is 36.4 Å². The van der Waals surface area contributed by atoms with Crippen molar-refractivity contribution < 1.29 is 9.59 Å². The van der Waals surface area contributed by atoms with Crippen LogP contribution >= 0.6 is 23.2 Å². The lowest BCUT2D eigenvalue weighted by molar-refractivity contribution is 0.102. The maximum absolute atomic E-state index is 13.2. The quantitative estimate of drug-likeness (QED) is 0.443. The number of halogens is 2. The summed E-state index contributed by atoms with van der Waals surface area (Å²) in [5.41, 5.74) is 7.87. The molecule has 0 aromatic heterocycles. The molecule has 1 amide bonds. The van der Waals surface area contributed by atoms with Crippen molar-refractivity contribution >= 4 is 40.6 Å². The number of hydrogen-bond donors (Lipinski definition) is 1. The van der Waals surface area contributed by atoms with Gasteiger partial charge in [0.05, 0.1) is 10.0 Å². The number of hydrogen-bond acceptors (Lipinski definition) is 2. The highest BCUT2D eigenvalue weighted by atomic mass is 35.5. The van der Waals surface area contributed by atoms with Gasteiger partial charge in [-0.15, -0.1) is 0 Å². The Bertz CT molecular complexity index is 1140. The molecule has 30 heavy (non-hydrogen) atoms. The second-order valence-electron chi connectivity index (χ2n) is 7.49. The van der Waals surface area contributed by atoms with Crippen molar-refractivity contribution in [1.82, 2.24) is 0 Å². The lowest BCUT2D eigenvalue weighted by Gasteiger charge is -2.18. The molecule has 0 atom stereocenters. The second kappa shape index (κ2) is 8.63. The van der Waals surface area contributed by atoms with Crippen LogP contribution in [0.1, 0.15) is 54.1 Å². The Labute approximate surface area is 187 Å². The highest BCUT2D eigenvalue weighted by Gasteiger charge is 2.19. The van der Waals surface area contributed by atoms with Crippen LogP contribution in [0.4, 0.5) is 5.69 Å². The molecule has 0 fully saturated rings. The Morgan fingerprint density at radius 2 is 1.17 bits per heavy atom. The smallest absolute Gasteiger partial charge is 0.255 e. The predicted molar refractivity (Wildman–Crippen MR) is 124 cm³/mol. The molecule has 3 nitrogen and oxygen atoms in total. The van der Waals surface area contributed by atoms with Gasteiger partial charge >= 0.3 is 0 Å². The average molecular weight is 440 g/mol. The summed E-state index contributed by atoms with van der Waals surface area (Å²) in [7, 11) is 0. The maximum Gasteiger partial charge on any atom is 0.255 e. The molecule has 0 spiro atoms. The van der Waals surface area contributed by atoms with Gasteiger partial charge < -0.3 is 5.32 Å². The molecule has 3 aromatic rings. The van der Waals surface area contributed by atoms with Gasteiger partial charge in [-0.05, 0) is 105 Å². The molecule has 0 aliphatic rings. The normalized spacial score (nSPS) is 10.8. The van der Waals surface area contributed by atoms with E-state index in [0.29, 0.717) is 26.9 Å².